The standard InChI is InChI=1S/C42H59Cl2F4N7O9/c1-23(2)17-29-39(61)54(4)32(19-24-18-25(43)10-11-27(24)44)36(58)52-30(22-64-6)34(56)49-15-8-7-9-31(35(57)51-29)53(3)38(60)28(12-16-63-5)50-37(59)33-20-26(45)21-55(33)40(62)41(13-14-41)42(46,47)48/h10-11,18,23,26,28-33H,7-9,12-17,19-22H2,1-6H3,(H,49,56)(H,50,59)(H,51,57)(H,52,58)/t26-,28+,29+,30-,31+,32+,33+/m1/s1. The van der Waals surface area contributed by atoms with Crippen LogP contribution in [0.4, 0.5) is 17.6 Å². The van der Waals surface area contributed by atoms with E-state index in [9.17, 15) is 51.1 Å². The molecule has 1 saturated carbocycles. The summed E-state index contributed by atoms with van der Waals surface area (Å²) in [7, 11) is 5.35. The Hall–Kier alpha value is -4.27. The maximum atomic E-state index is 14.8. The first-order valence-electron chi connectivity index (χ1n) is 21.2. The van der Waals surface area contributed by atoms with Gasteiger partial charge in [-0.3, -0.25) is 33.6 Å². The molecule has 1 aromatic rings. The predicted molar refractivity (Wildman–Crippen MR) is 226 cm³/mol. The number of halogens is 6. The molecule has 1 aliphatic carbocycles. The monoisotopic (exact) mass is 951 g/mol. The van der Waals surface area contributed by atoms with Crippen molar-refractivity contribution in [2.75, 3.05) is 54.6 Å². The van der Waals surface area contributed by atoms with Crippen LogP contribution in [0.3, 0.4) is 0 Å². The minimum absolute atomic E-state index is 0.00456. The third-order valence-corrected chi connectivity index (χ3v) is 12.5. The van der Waals surface area contributed by atoms with E-state index in [0.29, 0.717) is 15.5 Å². The Kier molecular flexibility index (Phi) is 18.6. The van der Waals surface area contributed by atoms with Gasteiger partial charge in [0.1, 0.15) is 47.8 Å². The minimum Gasteiger partial charge on any atom is -0.385 e. The number of nitrogens with zero attached hydrogens (tertiary/aromatic N) is 3. The largest absolute Gasteiger partial charge is 0.403 e. The summed E-state index contributed by atoms with van der Waals surface area (Å²) in [5.41, 5.74) is -2.28. The molecule has 7 atom stereocenters. The lowest BCUT2D eigenvalue weighted by atomic mass is 9.98. The van der Waals surface area contributed by atoms with E-state index in [1.165, 1.54) is 34.4 Å². The summed E-state index contributed by atoms with van der Waals surface area (Å²) in [4.78, 5) is 101. The van der Waals surface area contributed by atoms with Gasteiger partial charge >= 0.3 is 6.18 Å². The summed E-state index contributed by atoms with van der Waals surface area (Å²) < 4.78 is 66.9. The SMILES string of the molecule is COCC[C@H](NC(=O)[C@@H]1C[C@@H](F)CN1C(=O)C1(C(F)(F)F)CC1)C(=O)N(C)[C@H]1CCCCNC(=O)[C@@H](COC)NC(=O)[C@H](Cc2cc(Cl)ccc2Cl)N(C)C(=O)[C@H](CC(C)C)NC1=O. The predicted octanol–water partition coefficient (Wildman–Crippen LogP) is 2.95. The van der Waals surface area contributed by atoms with Crippen molar-refractivity contribution in [3.63, 3.8) is 0 Å². The topological polar surface area (TPSA) is 196 Å². The zero-order valence-electron chi connectivity index (χ0n) is 36.8. The van der Waals surface area contributed by atoms with E-state index < -0.39 is 121 Å². The number of alkyl halides is 4. The van der Waals surface area contributed by atoms with Gasteiger partial charge in [0, 0.05) is 64.4 Å². The van der Waals surface area contributed by atoms with Crippen molar-refractivity contribution in [2.45, 2.75) is 120 Å². The van der Waals surface area contributed by atoms with Crippen LogP contribution in [0.25, 0.3) is 0 Å². The molecule has 64 heavy (non-hydrogen) atoms. The molecule has 0 spiro atoms. The van der Waals surface area contributed by atoms with Gasteiger partial charge in [0.15, 0.2) is 0 Å². The van der Waals surface area contributed by atoms with E-state index in [1.54, 1.807) is 12.1 Å². The number of carbonyl (C=O) groups is 7. The number of nitrogens with one attached hydrogen (secondary N) is 4. The first-order valence-corrected chi connectivity index (χ1v) is 22.0. The Balaban J connectivity index is 1.66. The summed E-state index contributed by atoms with van der Waals surface area (Å²) in [6.07, 6.45) is -7.97. The van der Waals surface area contributed by atoms with E-state index in [0.717, 1.165) is 9.80 Å². The fourth-order valence-electron chi connectivity index (χ4n) is 8.03. The second-order valence-electron chi connectivity index (χ2n) is 17.1. The van der Waals surface area contributed by atoms with Crippen LogP contribution >= 0.6 is 23.2 Å². The van der Waals surface area contributed by atoms with Gasteiger partial charge in [-0.15, -0.1) is 0 Å². The molecule has 0 aromatic heterocycles. The Morgan fingerprint density at radius 1 is 1.00 bits per heavy atom. The smallest absolute Gasteiger partial charge is 0.385 e. The third kappa shape index (κ3) is 13.0. The molecule has 2 saturated heterocycles. The molecule has 22 heteroatoms. The highest BCUT2D eigenvalue weighted by atomic mass is 35.5. The highest BCUT2D eigenvalue weighted by Gasteiger charge is 2.70. The van der Waals surface area contributed by atoms with Crippen LogP contribution in [0.5, 0.6) is 0 Å². The van der Waals surface area contributed by atoms with Gasteiger partial charge in [-0.05, 0) is 74.6 Å². The van der Waals surface area contributed by atoms with Gasteiger partial charge in [-0.2, -0.15) is 13.2 Å². The average molecular weight is 953 g/mol. The number of hydrogen-bond donors (Lipinski definition) is 4. The number of methoxy groups -OCH3 is 2. The Bertz CT molecular complexity index is 1870. The maximum Gasteiger partial charge on any atom is 0.403 e. The van der Waals surface area contributed by atoms with Crippen molar-refractivity contribution in [3.8, 4) is 0 Å². The fourth-order valence-corrected chi connectivity index (χ4v) is 8.42. The Morgan fingerprint density at radius 2 is 1.67 bits per heavy atom. The zero-order valence-corrected chi connectivity index (χ0v) is 38.3. The number of benzene rings is 1. The molecule has 0 radical (unpaired) electrons. The molecule has 0 bridgehead atoms. The van der Waals surface area contributed by atoms with Gasteiger partial charge in [0.2, 0.25) is 41.4 Å². The second-order valence-corrected chi connectivity index (χ2v) is 17.9. The van der Waals surface area contributed by atoms with Crippen LogP contribution in [-0.4, -0.2) is 159 Å². The van der Waals surface area contributed by atoms with Crippen molar-refractivity contribution < 1.29 is 60.6 Å². The number of amides is 7. The third-order valence-electron chi connectivity index (χ3n) is 11.9. The molecule has 4 N–H and O–H groups in total. The van der Waals surface area contributed by atoms with Crippen molar-refractivity contribution >= 4 is 64.6 Å². The second kappa shape index (κ2) is 22.8. The van der Waals surface area contributed by atoms with E-state index >= 15 is 0 Å². The van der Waals surface area contributed by atoms with Crippen molar-refractivity contribution in [1.82, 2.24) is 36.0 Å². The zero-order chi connectivity index (χ0) is 47.7. The molecule has 3 fully saturated rings. The summed E-state index contributed by atoms with van der Waals surface area (Å²) in [6, 6.07) is -3.46. The molecule has 3 aliphatic rings. The molecule has 358 valence electrons. The molecule has 2 heterocycles. The van der Waals surface area contributed by atoms with E-state index in [4.69, 9.17) is 32.7 Å². The lowest BCUT2D eigenvalue weighted by Crippen LogP contribution is -2.61. The number of carbonyl (C=O) groups excluding carboxylic acids is 7. The highest BCUT2D eigenvalue weighted by molar-refractivity contribution is 6.33. The molecular formula is C42H59Cl2F4N7O9. The molecule has 4 rings (SSSR count). The van der Waals surface area contributed by atoms with E-state index in [2.05, 4.69) is 21.3 Å². The fraction of sp³-hybridized carbons (Fsp3) is 0.690. The lowest BCUT2D eigenvalue weighted by Gasteiger charge is -2.35. The summed E-state index contributed by atoms with van der Waals surface area (Å²) in [5, 5.41) is 11.3. The van der Waals surface area contributed by atoms with Gasteiger partial charge in [0.05, 0.1) is 13.2 Å². The Labute approximate surface area is 380 Å². The highest BCUT2D eigenvalue weighted by Crippen LogP contribution is 2.59. The van der Waals surface area contributed by atoms with Crippen molar-refractivity contribution in [1.29, 1.82) is 0 Å². The maximum absolute atomic E-state index is 14.8. The number of likely N-dealkylation sites (tertiary alicyclic amines) is 1. The minimum atomic E-state index is -4.90. The normalized spacial score (nSPS) is 25.3. The van der Waals surface area contributed by atoms with Crippen LogP contribution in [0.1, 0.15) is 70.8 Å². The molecule has 16 nitrogen and oxygen atoms in total. The molecular weight excluding hydrogens is 893 g/mol. The average Bonchev–Trinajstić information content (AvgIpc) is 3.97. The molecule has 2 aliphatic heterocycles. The summed E-state index contributed by atoms with van der Waals surface area (Å²) in [6.45, 7) is 2.68. The van der Waals surface area contributed by atoms with Crippen molar-refractivity contribution in [2.24, 2.45) is 11.3 Å². The number of hydrogen-bond acceptors (Lipinski definition) is 9. The molecule has 7 amide bonds. The number of likely N-dealkylation sites (N-methyl/N-ethyl adjacent to an activating group) is 2. The van der Waals surface area contributed by atoms with Gasteiger partial charge < -0.3 is 45.4 Å². The van der Waals surface area contributed by atoms with E-state index in [1.807, 2.05) is 13.8 Å². The van der Waals surface area contributed by atoms with Gasteiger partial charge in [0.25, 0.3) is 0 Å². The van der Waals surface area contributed by atoms with Crippen LogP contribution in [-0.2, 0) is 49.5 Å². The van der Waals surface area contributed by atoms with Crippen LogP contribution < -0.4 is 21.3 Å². The molecule has 1 aromatic carbocycles. The summed E-state index contributed by atoms with van der Waals surface area (Å²) >= 11 is 12.8. The van der Waals surface area contributed by atoms with Crippen LogP contribution in [0, 0.1) is 11.3 Å². The first kappa shape index (κ1) is 52.4. The van der Waals surface area contributed by atoms with Crippen LogP contribution in [0.15, 0.2) is 18.2 Å². The van der Waals surface area contributed by atoms with Crippen LogP contribution in [0.2, 0.25) is 10.0 Å². The first-order chi connectivity index (χ1) is 30.1. The Morgan fingerprint density at radius 3 is 2.28 bits per heavy atom. The van der Waals surface area contributed by atoms with E-state index in [-0.39, 0.29) is 69.2 Å². The van der Waals surface area contributed by atoms with Gasteiger partial charge in [-0.1, -0.05) is 37.0 Å². The quantitative estimate of drug-likeness (QED) is 0.203. The molecule has 0 unspecified atom stereocenters. The lowest BCUT2D eigenvalue weighted by molar-refractivity contribution is -0.199. The number of ether oxygens (including phenoxy) is 2. The van der Waals surface area contributed by atoms with Gasteiger partial charge in [-0.25, -0.2) is 4.39 Å². The number of rotatable bonds is 14. The van der Waals surface area contributed by atoms with Crippen molar-refractivity contribution in [3.05, 3.63) is 33.8 Å². The summed E-state index contributed by atoms with van der Waals surface area (Å²) in [5.74, 6) is -6.21.